The van der Waals surface area contributed by atoms with Crippen LogP contribution in [0, 0.1) is 0 Å². The van der Waals surface area contributed by atoms with E-state index in [1.165, 1.54) is 193 Å². The molecule has 2 atom stereocenters. The molecule has 572 valence electrons. The van der Waals surface area contributed by atoms with Crippen LogP contribution in [0.15, 0.2) is 158 Å². The minimum Gasteiger partial charge on any atom is -0.462 e. The molecule has 0 rings (SSSR count). The van der Waals surface area contributed by atoms with E-state index in [1.807, 2.05) is 21.1 Å². The van der Waals surface area contributed by atoms with Crippen molar-refractivity contribution in [3.63, 3.8) is 0 Å². The van der Waals surface area contributed by atoms with Crippen LogP contribution in [0.4, 0.5) is 0 Å². The van der Waals surface area contributed by atoms with Gasteiger partial charge in [-0.2, -0.15) is 0 Å². The molecule has 2 unspecified atom stereocenters. The van der Waals surface area contributed by atoms with Crippen LogP contribution >= 0.6 is 7.82 Å². The van der Waals surface area contributed by atoms with Crippen LogP contribution in [0.1, 0.15) is 348 Å². The summed E-state index contributed by atoms with van der Waals surface area (Å²) in [5, 5.41) is 0. The Kier molecular flexibility index (Phi) is 75.3. The van der Waals surface area contributed by atoms with Crippen molar-refractivity contribution >= 4 is 19.8 Å². The maximum atomic E-state index is 12.9. The van der Waals surface area contributed by atoms with Crippen LogP contribution in [0.5, 0.6) is 0 Å². The highest BCUT2D eigenvalue weighted by Crippen LogP contribution is 2.43. The minimum absolute atomic E-state index is 0.0275. The fourth-order valence-corrected chi connectivity index (χ4v) is 12.1. The fourth-order valence-electron chi connectivity index (χ4n) is 11.4. The molecule has 9 nitrogen and oxygen atoms in total. The van der Waals surface area contributed by atoms with Crippen molar-refractivity contribution in [2.24, 2.45) is 0 Å². The number of rotatable bonds is 75. The van der Waals surface area contributed by atoms with Crippen molar-refractivity contribution in [2.75, 3.05) is 47.5 Å². The molecule has 0 radical (unpaired) electrons. The lowest BCUT2D eigenvalue weighted by Crippen LogP contribution is -2.37. The Morgan fingerprint density at radius 2 is 0.540 bits per heavy atom. The topological polar surface area (TPSA) is 108 Å². The van der Waals surface area contributed by atoms with Gasteiger partial charge in [0.2, 0.25) is 0 Å². The van der Waals surface area contributed by atoms with Crippen LogP contribution < -0.4 is 0 Å². The zero-order valence-electron chi connectivity index (χ0n) is 65.4. The van der Waals surface area contributed by atoms with Gasteiger partial charge in [-0.25, -0.2) is 4.57 Å². The molecular weight excluding hydrogens is 1250 g/mol. The van der Waals surface area contributed by atoms with E-state index in [2.05, 4.69) is 172 Å². The van der Waals surface area contributed by atoms with Gasteiger partial charge in [0.05, 0.1) is 27.7 Å². The second kappa shape index (κ2) is 78.8. The molecule has 1 N–H and O–H groups in total. The van der Waals surface area contributed by atoms with Gasteiger partial charge >= 0.3 is 19.8 Å². The highest BCUT2D eigenvalue weighted by molar-refractivity contribution is 7.47. The zero-order chi connectivity index (χ0) is 72.5. The van der Waals surface area contributed by atoms with Gasteiger partial charge in [0.1, 0.15) is 19.8 Å². The maximum Gasteiger partial charge on any atom is 0.472 e. The van der Waals surface area contributed by atoms with E-state index in [9.17, 15) is 19.0 Å². The number of carbonyl (C=O) groups is 2. The third-order valence-electron chi connectivity index (χ3n) is 17.6. The number of likely N-dealkylation sites (N-methyl/N-ethyl adjacent to an activating group) is 1. The van der Waals surface area contributed by atoms with Crippen molar-refractivity contribution in [3.05, 3.63) is 158 Å². The standard InChI is InChI=1S/C90H154NO8P/c1-6-8-10-12-14-16-18-20-22-24-26-28-30-32-34-36-38-40-42-43-44-45-46-47-49-51-53-55-57-59-61-63-65-67-69-71-73-75-77-79-81-83-90(93)99-88(87-98-100(94,95)97-85-84-91(3,4)5)86-96-89(92)82-80-78-76-74-72-70-68-66-64-62-60-58-56-54-52-50-48-41-39-37-35-33-31-29-27-25-23-21-19-17-15-13-11-9-7-2/h8-11,14-17,20-23,26-29,32,34,38,40,43-44,46-47,51,53,88H,6-7,12-13,18-19,24-25,30-31,33,35-37,39,41-42,45,48-50,52,54-87H2,1-5H3/p+1/b10-8-,11-9-,16-14-,17-15-,22-20-,23-21-,28-26-,29-27-,34-32-,40-38-,44-43-,47-46-,53-51-. The van der Waals surface area contributed by atoms with E-state index in [1.54, 1.807) is 0 Å². The van der Waals surface area contributed by atoms with Gasteiger partial charge in [-0.05, 0) is 122 Å². The monoisotopic (exact) mass is 1410 g/mol. The summed E-state index contributed by atoms with van der Waals surface area (Å²) < 4.78 is 34.8. The summed E-state index contributed by atoms with van der Waals surface area (Å²) >= 11 is 0. The number of quaternary nitrogens is 1. The normalized spacial score (nSPS) is 13.9. The lowest BCUT2D eigenvalue weighted by Gasteiger charge is -2.24. The van der Waals surface area contributed by atoms with E-state index in [-0.39, 0.29) is 32.0 Å². The lowest BCUT2D eigenvalue weighted by molar-refractivity contribution is -0.870. The molecule has 0 fully saturated rings. The highest BCUT2D eigenvalue weighted by Gasteiger charge is 2.27. The van der Waals surface area contributed by atoms with Crippen molar-refractivity contribution < 1.29 is 42.1 Å². The van der Waals surface area contributed by atoms with Crippen molar-refractivity contribution in [3.8, 4) is 0 Å². The Balaban J connectivity index is 3.98. The molecule has 0 amide bonds. The molecule has 0 saturated heterocycles. The number of carbonyl (C=O) groups excluding carboxylic acids is 2. The summed E-state index contributed by atoms with van der Waals surface area (Å²) in [7, 11) is 1.48. The first-order valence-electron chi connectivity index (χ1n) is 41.2. The summed E-state index contributed by atoms with van der Waals surface area (Å²) in [6.45, 7) is 4.23. The smallest absolute Gasteiger partial charge is 0.462 e. The van der Waals surface area contributed by atoms with Gasteiger partial charge in [0, 0.05) is 12.8 Å². The number of esters is 2. The quantitative estimate of drug-likeness (QED) is 0.0211. The van der Waals surface area contributed by atoms with Crippen LogP contribution in [0.3, 0.4) is 0 Å². The molecular formula is C90H155NO8P+. The Morgan fingerprint density at radius 1 is 0.310 bits per heavy atom. The molecule has 0 heterocycles. The molecule has 0 spiro atoms. The number of hydrogen-bond donors (Lipinski definition) is 1. The molecule has 0 aliphatic heterocycles. The Bertz CT molecular complexity index is 2250. The van der Waals surface area contributed by atoms with Gasteiger partial charge in [0.25, 0.3) is 0 Å². The average molecular weight is 1410 g/mol. The van der Waals surface area contributed by atoms with E-state index in [0.717, 1.165) is 122 Å². The second-order valence-electron chi connectivity index (χ2n) is 28.4. The first kappa shape index (κ1) is 95.6. The molecule has 0 saturated carbocycles. The number of phosphoric acid groups is 1. The largest absolute Gasteiger partial charge is 0.472 e. The van der Waals surface area contributed by atoms with Gasteiger partial charge in [-0.1, -0.05) is 371 Å². The molecule has 0 aliphatic rings. The van der Waals surface area contributed by atoms with E-state index < -0.39 is 26.5 Å². The van der Waals surface area contributed by atoms with Gasteiger partial charge in [-0.3, -0.25) is 18.6 Å². The predicted octanol–water partition coefficient (Wildman–Crippen LogP) is 27.8. The fraction of sp³-hybridized carbons (Fsp3) is 0.689. The van der Waals surface area contributed by atoms with E-state index in [0.29, 0.717) is 17.4 Å². The summed E-state index contributed by atoms with van der Waals surface area (Å²) in [4.78, 5) is 36.0. The van der Waals surface area contributed by atoms with Crippen molar-refractivity contribution in [1.29, 1.82) is 0 Å². The molecule has 0 aliphatic carbocycles. The van der Waals surface area contributed by atoms with E-state index >= 15 is 0 Å². The molecule has 0 aromatic rings. The Labute approximate surface area is 617 Å². The Morgan fingerprint density at radius 3 is 0.800 bits per heavy atom. The van der Waals surface area contributed by atoms with Crippen molar-refractivity contribution in [1.82, 2.24) is 0 Å². The number of phosphoric ester groups is 1. The minimum atomic E-state index is -4.40. The second-order valence-corrected chi connectivity index (χ2v) is 29.8. The van der Waals surface area contributed by atoms with Crippen LogP contribution in [-0.2, 0) is 32.7 Å². The number of nitrogens with zero attached hydrogens (tertiary/aromatic N) is 1. The molecule has 0 aromatic carbocycles. The lowest BCUT2D eigenvalue weighted by atomic mass is 10.0. The Hall–Kier alpha value is -4.37. The van der Waals surface area contributed by atoms with Gasteiger partial charge in [-0.15, -0.1) is 0 Å². The molecule has 100 heavy (non-hydrogen) atoms. The molecule has 10 heteroatoms. The number of hydrogen-bond acceptors (Lipinski definition) is 7. The highest BCUT2D eigenvalue weighted by atomic mass is 31.2. The zero-order valence-corrected chi connectivity index (χ0v) is 66.3. The SMILES string of the molecule is CC/C=C\C/C=C\C/C=C\C/C=C\C/C=C\C/C=C\C/C=C\C/C=C\C/C=C\CCCCCCCCCCCCCCCC(=O)OC(COC(=O)CCCCCCCCCCCCCCCCCCCCCCCC/C=C\C/C=C\C/C=C\C/C=C\CC)COP(=O)(O)OCC[N+](C)(C)C. The third-order valence-corrected chi connectivity index (χ3v) is 18.5. The molecule has 0 bridgehead atoms. The maximum absolute atomic E-state index is 12.9. The van der Waals surface area contributed by atoms with Crippen LogP contribution in [0.2, 0.25) is 0 Å². The van der Waals surface area contributed by atoms with E-state index in [4.69, 9.17) is 18.5 Å². The number of unbranched alkanes of at least 4 members (excludes halogenated alkanes) is 35. The first-order valence-corrected chi connectivity index (χ1v) is 42.7. The summed E-state index contributed by atoms with van der Waals surface area (Å²) in [5.74, 6) is -0.791. The van der Waals surface area contributed by atoms with Crippen molar-refractivity contribution in [2.45, 2.75) is 354 Å². The summed E-state index contributed by atoms with van der Waals surface area (Å²) in [6.07, 6.45) is 118. The summed E-state index contributed by atoms with van der Waals surface area (Å²) in [5.41, 5.74) is 0. The van der Waals surface area contributed by atoms with Gasteiger partial charge in [0.15, 0.2) is 6.10 Å². The van der Waals surface area contributed by atoms with Crippen LogP contribution in [-0.4, -0.2) is 74.9 Å². The number of allylic oxidation sites excluding steroid dienone is 26. The third kappa shape index (κ3) is 82.6. The molecule has 0 aromatic heterocycles. The average Bonchev–Trinajstić information content (AvgIpc) is 1.30. The van der Waals surface area contributed by atoms with Gasteiger partial charge < -0.3 is 18.9 Å². The van der Waals surface area contributed by atoms with Crippen LogP contribution in [0.25, 0.3) is 0 Å². The predicted molar refractivity (Wildman–Crippen MR) is 436 cm³/mol. The number of ether oxygens (including phenoxy) is 2. The summed E-state index contributed by atoms with van der Waals surface area (Å²) in [6, 6.07) is 0. The first-order chi connectivity index (χ1) is 49.0.